The smallest absolute Gasteiger partial charge is 0.310 e. The Morgan fingerprint density at radius 2 is 1.29 bits per heavy atom. The standard InChI is InChI=1S/C16H32O2.C6H5NO3/c1-2-3-4-5-6-7-8-9-10-11-12-13-14-15-16(17)18;8-6-4-2-1-3-5(6)7(9)10/h2-15H2,1H3,(H,17,18);1-4,8H. The zero-order valence-corrected chi connectivity index (χ0v) is 17.3. The highest BCUT2D eigenvalue weighted by Crippen LogP contribution is 2.23. The highest BCUT2D eigenvalue weighted by atomic mass is 16.6. The first-order valence-corrected chi connectivity index (χ1v) is 10.6. The van der Waals surface area contributed by atoms with Gasteiger partial charge in [0.05, 0.1) is 4.92 Å². The number of phenols is 1. The SMILES string of the molecule is CCCCCCCCCCCCCCCC(=O)O.O=[N+]([O-])c1ccccc1O. The lowest BCUT2D eigenvalue weighted by molar-refractivity contribution is -0.385. The fourth-order valence-electron chi connectivity index (χ4n) is 2.91. The second-order valence-corrected chi connectivity index (χ2v) is 7.13. The molecule has 0 saturated carbocycles. The number of phenolic OH excluding ortho intramolecular Hbond substituents is 1. The molecule has 0 fully saturated rings. The number of benzene rings is 1. The maximum Gasteiger partial charge on any atom is 0.310 e. The summed E-state index contributed by atoms with van der Waals surface area (Å²) >= 11 is 0. The number of hydrogen-bond donors (Lipinski definition) is 2. The molecule has 0 aliphatic carbocycles. The van der Waals surface area contributed by atoms with Crippen LogP contribution in [0.3, 0.4) is 0 Å². The minimum atomic E-state index is -0.655. The van der Waals surface area contributed by atoms with Crippen LogP contribution in [-0.4, -0.2) is 21.1 Å². The summed E-state index contributed by atoms with van der Waals surface area (Å²) in [7, 11) is 0. The van der Waals surface area contributed by atoms with Gasteiger partial charge in [0, 0.05) is 12.5 Å². The number of para-hydroxylation sites is 2. The second kappa shape index (κ2) is 18.3. The molecule has 160 valence electrons. The molecule has 0 aliphatic heterocycles. The third-order valence-corrected chi connectivity index (χ3v) is 4.57. The molecule has 0 amide bonds. The molecule has 0 aromatic heterocycles. The Balaban J connectivity index is 0.000000609. The molecule has 0 atom stereocenters. The monoisotopic (exact) mass is 395 g/mol. The second-order valence-electron chi connectivity index (χ2n) is 7.13. The molecule has 0 saturated heterocycles. The van der Waals surface area contributed by atoms with Gasteiger partial charge in [-0.3, -0.25) is 14.9 Å². The summed E-state index contributed by atoms with van der Waals surface area (Å²) in [6.07, 6.45) is 17.3. The van der Waals surface area contributed by atoms with Gasteiger partial charge in [0.1, 0.15) is 0 Å². The lowest BCUT2D eigenvalue weighted by Gasteiger charge is -2.02. The lowest BCUT2D eigenvalue weighted by atomic mass is 10.0. The molecule has 0 aliphatic rings. The van der Waals surface area contributed by atoms with Crippen molar-refractivity contribution in [3.63, 3.8) is 0 Å². The number of aliphatic carboxylic acids is 1. The van der Waals surface area contributed by atoms with E-state index in [0.29, 0.717) is 6.42 Å². The van der Waals surface area contributed by atoms with Gasteiger partial charge in [-0.15, -0.1) is 0 Å². The van der Waals surface area contributed by atoms with Crippen LogP contribution in [0.15, 0.2) is 24.3 Å². The molecule has 6 nitrogen and oxygen atoms in total. The summed E-state index contributed by atoms with van der Waals surface area (Å²) in [5, 5.41) is 27.4. The molecular weight excluding hydrogens is 358 g/mol. The van der Waals surface area contributed by atoms with Crippen LogP contribution in [0, 0.1) is 10.1 Å². The molecule has 0 radical (unpaired) electrons. The Bertz CT molecular complexity index is 533. The molecule has 0 bridgehead atoms. The van der Waals surface area contributed by atoms with E-state index >= 15 is 0 Å². The number of aromatic hydroxyl groups is 1. The van der Waals surface area contributed by atoms with Gasteiger partial charge in [0.15, 0.2) is 5.75 Å². The maximum atomic E-state index is 10.3. The van der Waals surface area contributed by atoms with Crippen LogP contribution in [0.4, 0.5) is 5.69 Å². The number of carboxylic acid groups (broad SMARTS) is 1. The van der Waals surface area contributed by atoms with E-state index in [2.05, 4.69) is 6.92 Å². The zero-order chi connectivity index (χ0) is 21.0. The van der Waals surface area contributed by atoms with E-state index in [9.17, 15) is 14.9 Å². The summed E-state index contributed by atoms with van der Waals surface area (Å²) < 4.78 is 0. The van der Waals surface area contributed by atoms with Crippen LogP contribution in [-0.2, 0) is 4.79 Å². The van der Waals surface area contributed by atoms with E-state index in [-0.39, 0.29) is 11.4 Å². The fraction of sp³-hybridized carbons (Fsp3) is 0.682. The first-order chi connectivity index (χ1) is 13.5. The van der Waals surface area contributed by atoms with Gasteiger partial charge in [-0.25, -0.2) is 0 Å². The first kappa shape index (κ1) is 25.9. The van der Waals surface area contributed by atoms with E-state index in [1.807, 2.05) is 0 Å². The average molecular weight is 396 g/mol. The largest absolute Gasteiger partial charge is 0.502 e. The minimum absolute atomic E-state index is 0.262. The van der Waals surface area contributed by atoms with Crippen molar-refractivity contribution >= 4 is 11.7 Å². The number of rotatable bonds is 15. The van der Waals surface area contributed by atoms with Crippen molar-refractivity contribution in [2.45, 2.75) is 96.8 Å². The van der Waals surface area contributed by atoms with E-state index in [0.717, 1.165) is 12.8 Å². The summed E-state index contributed by atoms with van der Waals surface area (Å²) in [5.74, 6) is -0.953. The van der Waals surface area contributed by atoms with Gasteiger partial charge >= 0.3 is 11.7 Å². The van der Waals surface area contributed by atoms with Crippen LogP contribution in [0.5, 0.6) is 5.75 Å². The number of nitro benzene ring substituents is 1. The van der Waals surface area contributed by atoms with Gasteiger partial charge < -0.3 is 10.2 Å². The third kappa shape index (κ3) is 16.1. The summed E-state index contributed by atoms with van der Waals surface area (Å²) in [5.41, 5.74) is -0.262. The van der Waals surface area contributed by atoms with Crippen molar-refractivity contribution in [1.29, 1.82) is 0 Å². The number of carbonyl (C=O) groups is 1. The normalized spacial score (nSPS) is 10.2. The number of nitrogens with zero attached hydrogens (tertiary/aromatic N) is 1. The van der Waals surface area contributed by atoms with Crippen molar-refractivity contribution < 1.29 is 19.9 Å². The number of unbranched alkanes of at least 4 members (excludes halogenated alkanes) is 12. The topological polar surface area (TPSA) is 101 Å². The molecule has 1 rings (SSSR count). The summed E-state index contributed by atoms with van der Waals surface area (Å²) in [6, 6.07) is 5.55. The predicted octanol–water partition coefficient (Wildman–Crippen LogP) is 6.85. The Labute approximate surface area is 169 Å². The van der Waals surface area contributed by atoms with E-state index in [1.54, 1.807) is 0 Å². The number of carboxylic acids is 1. The number of nitro groups is 1. The van der Waals surface area contributed by atoms with Crippen LogP contribution in [0.1, 0.15) is 96.8 Å². The molecule has 6 heteroatoms. The minimum Gasteiger partial charge on any atom is -0.502 e. The van der Waals surface area contributed by atoms with Gasteiger partial charge in [-0.05, 0) is 12.5 Å². The third-order valence-electron chi connectivity index (χ3n) is 4.57. The maximum absolute atomic E-state index is 10.3. The van der Waals surface area contributed by atoms with Gasteiger partial charge in [0.25, 0.3) is 0 Å². The van der Waals surface area contributed by atoms with Crippen LogP contribution in [0.25, 0.3) is 0 Å². The number of hydrogen-bond acceptors (Lipinski definition) is 4. The van der Waals surface area contributed by atoms with Gasteiger partial charge in [-0.2, -0.15) is 0 Å². The molecule has 0 heterocycles. The van der Waals surface area contributed by atoms with Crippen LogP contribution >= 0.6 is 0 Å². The predicted molar refractivity (Wildman–Crippen MR) is 113 cm³/mol. The molecule has 1 aromatic rings. The molecule has 1 aromatic carbocycles. The van der Waals surface area contributed by atoms with Crippen LogP contribution in [0.2, 0.25) is 0 Å². The van der Waals surface area contributed by atoms with E-state index < -0.39 is 10.9 Å². The van der Waals surface area contributed by atoms with E-state index in [4.69, 9.17) is 10.2 Å². The highest BCUT2D eigenvalue weighted by Gasteiger charge is 2.09. The molecule has 2 N–H and O–H groups in total. The molecule has 0 spiro atoms. The molecule has 0 unspecified atom stereocenters. The van der Waals surface area contributed by atoms with Crippen molar-refractivity contribution in [3.8, 4) is 5.75 Å². The average Bonchev–Trinajstić information content (AvgIpc) is 2.66. The van der Waals surface area contributed by atoms with Crippen molar-refractivity contribution in [2.24, 2.45) is 0 Å². The Kier molecular flexibility index (Phi) is 16.9. The van der Waals surface area contributed by atoms with Crippen molar-refractivity contribution in [2.75, 3.05) is 0 Å². The summed E-state index contributed by atoms with van der Waals surface area (Å²) in [4.78, 5) is 19.7. The Hall–Kier alpha value is -2.11. The quantitative estimate of drug-likeness (QED) is 0.192. The lowest BCUT2D eigenvalue weighted by Crippen LogP contribution is -1.93. The van der Waals surface area contributed by atoms with Crippen molar-refractivity contribution in [3.05, 3.63) is 34.4 Å². The van der Waals surface area contributed by atoms with Gasteiger partial charge in [0.2, 0.25) is 0 Å². The van der Waals surface area contributed by atoms with Crippen LogP contribution < -0.4 is 0 Å². The molecular formula is C22H37NO5. The fourth-order valence-corrected chi connectivity index (χ4v) is 2.91. The molecule has 28 heavy (non-hydrogen) atoms. The highest BCUT2D eigenvalue weighted by molar-refractivity contribution is 5.66. The van der Waals surface area contributed by atoms with E-state index in [1.165, 1.54) is 94.9 Å². The Morgan fingerprint density at radius 1 is 0.857 bits per heavy atom. The summed E-state index contributed by atoms with van der Waals surface area (Å²) in [6.45, 7) is 2.26. The first-order valence-electron chi connectivity index (χ1n) is 10.6. The van der Waals surface area contributed by atoms with Gasteiger partial charge in [-0.1, -0.05) is 96.1 Å². The van der Waals surface area contributed by atoms with Crippen molar-refractivity contribution in [1.82, 2.24) is 0 Å². The zero-order valence-electron chi connectivity index (χ0n) is 17.3. The Morgan fingerprint density at radius 3 is 1.64 bits per heavy atom.